The van der Waals surface area contributed by atoms with Crippen molar-refractivity contribution in [2.45, 2.75) is 26.9 Å². The molecule has 0 aliphatic rings. The van der Waals surface area contributed by atoms with Crippen molar-refractivity contribution in [2.24, 2.45) is 5.10 Å². The van der Waals surface area contributed by atoms with Crippen molar-refractivity contribution >= 4 is 70.6 Å². The molecule has 0 aliphatic carbocycles. The second-order valence-electron chi connectivity index (χ2n) is 7.97. The molecule has 0 aliphatic heterocycles. The zero-order valence-electron chi connectivity index (χ0n) is 20.3. The van der Waals surface area contributed by atoms with Gasteiger partial charge in [0.15, 0.2) is 11.5 Å². The molecule has 0 bridgehead atoms. The normalized spacial score (nSPS) is 11.3. The van der Waals surface area contributed by atoms with Gasteiger partial charge in [-0.2, -0.15) is 9.78 Å². The Bertz CT molecular complexity index is 1620. The summed E-state index contributed by atoms with van der Waals surface area (Å²) in [7, 11) is 0. The van der Waals surface area contributed by atoms with Gasteiger partial charge in [0, 0.05) is 33.1 Å². The lowest BCUT2D eigenvalue weighted by Gasteiger charge is -2.16. The molecule has 0 amide bonds. The minimum Gasteiger partial charge on any atom is -0.490 e. The number of nitro groups is 1. The van der Waals surface area contributed by atoms with Crippen LogP contribution in [-0.2, 0) is 13.0 Å². The van der Waals surface area contributed by atoms with Crippen molar-refractivity contribution in [3.8, 4) is 11.5 Å². The monoisotopic (exact) mass is 706 g/mol. The highest BCUT2D eigenvalue weighted by atomic mass is 79.9. The summed E-state index contributed by atoms with van der Waals surface area (Å²) in [6, 6.07) is 13.3. The minimum absolute atomic E-state index is 0.0137. The van der Waals surface area contributed by atoms with Gasteiger partial charge < -0.3 is 9.47 Å². The Morgan fingerprint density at radius 2 is 1.87 bits per heavy atom. The van der Waals surface area contributed by atoms with Gasteiger partial charge in [0.05, 0.1) is 33.1 Å². The molecular weight excluding hydrogens is 688 g/mol. The predicted molar refractivity (Wildman–Crippen MR) is 157 cm³/mol. The number of nitrogens with zero attached hydrogens (tertiary/aromatic N) is 4. The number of benzene rings is 3. The van der Waals surface area contributed by atoms with Crippen LogP contribution in [0.4, 0.5) is 5.69 Å². The van der Waals surface area contributed by atoms with E-state index in [0.29, 0.717) is 61.3 Å². The van der Waals surface area contributed by atoms with E-state index in [1.807, 2.05) is 19.9 Å². The van der Waals surface area contributed by atoms with E-state index in [4.69, 9.17) is 9.47 Å². The number of non-ortho nitro benzene ring substituents is 1. The van der Waals surface area contributed by atoms with Crippen molar-refractivity contribution in [3.63, 3.8) is 0 Å². The summed E-state index contributed by atoms with van der Waals surface area (Å²) in [5, 5.41) is 16.0. The zero-order chi connectivity index (χ0) is 27.4. The summed E-state index contributed by atoms with van der Waals surface area (Å²) in [5.41, 5.74) is 1.58. The van der Waals surface area contributed by atoms with Gasteiger partial charge in [-0.3, -0.25) is 14.9 Å². The fourth-order valence-corrected chi connectivity index (χ4v) is 4.97. The standard InChI is InChI=1S/C26H21Br3N4O5/c1-3-22-31-20-9-8-17(27)12-19(20)26(34)32(22)30-13-16-11-21(37-4-2)25(24(29)23(16)28)38-14-15-6-5-7-18(10-15)33(35)36/h5-13H,3-4,14H2,1-2H3. The van der Waals surface area contributed by atoms with Crippen molar-refractivity contribution < 1.29 is 14.4 Å². The van der Waals surface area contributed by atoms with Crippen molar-refractivity contribution in [1.82, 2.24) is 9.66 Å². The lowest BCUT2D eigenvalue weighted by atomic mass is 10.2. The Hall–Kier alpha value is -3.09. The van der Waals surface area contributed by atoms with E-state index in [1.54, 1.807) is 36.5 Å². The van der Waals surface area contributed by atoms with Gasteiger partial charge in [0.1, 0.15) is 12.4 Å². The summed E-state index contributed by atoms with van der Waals surface area (Å²) in [6.45, 7) is 4.22. The number of ether oxygens (including phenoxy) is 2. The molecule has 0 radical (unpaired) electrons. The van der Waals surface area contributed by atoms with E-state index < -0.39 is 4.92 Å². The first-order chi connectivity index (χ1) is 18.2. The van der Waals surface area contributed by atoms with Crippen LogP contribution in [0, 0.1) is 10.1 Å². The van der Waals surface area contributed by atoms with Crippen LogP contribution in [0.3, 0.4) is 0 Å². The SMILES string of the molecule is CCOc1cc(C=Nn2c(CC)nc3ccc(Br)cc3c2=O)c(Br)c(Br)c1OCc1cccc([N+](=O)[O-])c1. The number of nitro benzene ring substituents is 1. The van der Waals surface area contributed by atoms with Crippen LogP contribution in [0.5, 0.6) is 11.5 Å². The van der Waals surface area contributed by atoms with Gasteiger partial charge in [-0.1, -0.05) is 35.0 Å². The third-order valence-electron chi connectivity index (χ3n) is 5.46. The maximum atomic E-state index is 13.2. The summed E-state index contributed by atoms with van der Waals surface area (Å²) in [5.74, 6) is 1.39. The Kier molecular flexibility index (Phi) is 8.95. The molecule has 0 atom stereocenters. The summed E-state index contributed by atoms with van der Waals surface area (Å²) in [6.07, 6.45) is 2.06. The second-order valence-corrected chi connectivity index (χ2v) is 10.5. The molecule has 0 saturated carbocycles. The minimum atomic E-state index is -0.449. The van der Waals surface area contributed by atoms with Gasteiger partial charge in [-0.15, -0.1) is 0 Å². The smallest absolute Gasteiger partial charge is 0.282 e. The molecule has 196 valence electrons. The maximum Gasteiger partial charge on any atom is 0.282 e. The van der Waals surface area contributed by atoms with E-state index in [-0.39, 0.29) is 17.9 Å². The average molecular weight is 709 g/mol. The zero-order valence-corrected chi connectivity index (χ0v) is 25.0. The Morgan fingerprint density at radius 3 is 2.58 bits per heavy atom. The number of fused-ring (bicyclic) bond motifs is 1. The van der Waals surface area contributed by atoms with E-state index in [9.17, 15) is 14.9 Å². The van der Waals surface area contributed by atoms with Gasteiger partial charge in [-0.05, 0) is 68.6 Å². The predicted octanol–water partition coefficient (Wildman–Crippen LogP) is 7.01. The first kappa shape index (κ1) is 27.9. The lowest BCUT2D eigenvalue weighted by Crippen LogP contribution is -2.22. The van der Waals surface area contributed by atoms with E-state index in [0.717, 1.165) is 4.47 Å². The number of hydrogen-bond donors (Lipinski definition) is 0. The number of hydrogen-bond acceptors (Lipinski definition) is 7. The molecule has 0 N–H and O–H groups in total. The van der Waals surface area contributed by atoms with Crippen molar-refractivity contribution in [1.29, 1.82) is 0 Å². The average Bonchev–Trinajstić information content (AvgIpc) is 2.90. The third-order valence-corrected chi connectivity index (χ3v) is 8.10. The number of halogens is 3. The highest BCUT2D eigenvalue weighted by molar-refractivity contribution is 9.13. The van der Waals surface area contributed by atoms with Crippen LogP contribution in [0.2, 0.25) is 0 Å². The molecule has 9 nitrogen and oxygen atoms in total. The van der Waals surface area contributed by atoms with Crippen molar-refractivity contribution in [3.05, 3.63) is 99.4 Å². The van der Waals surface area contributed by atoms with Crippen LogP contribution in [0.15, 0.2) is 71.8 Å². The summed E-state index contributed by atoms with van der Waals surface area (Å²) >= 11 is 10.5. The van der Waals surface area contributed by atoms with Crippen molar-refractivity contribution in [2.75, 3.05) is 6.61 Å². The van der Waals surface area contributed by atoms with Gasteiger partial charge in [-0.25, -0.2) is 4.98 Å². The molecule has 3 aromatic carbocycles. The Labute approximate surface area is 243 Å². The fourth-order valence-electron chi connectivity index (χ4n) is 3.67. The van der Waals surface area contributed by atoms with Gasteiger partial charge in [0.25, 0.3) is 11.2 Å². The number of aryl methyl sites for hydroxylation is 1. The lowest BCUT2D eigenvalue weighted by molar-refractivity contribution is -0.384. The first-order valence-electron chi connectivity index (χ1n) is 11.5. The van der Waals surface area contributed by atoms with E-state index >= 15 is 0 Å². The van der Waals surface area contributed by atoms with Crippen LogP contribution in [-0.4, -0.2) is 27.4 Å². The van der Waals surface area contributed by atoms with E-state index in [1.165, 1.54) is 16.8 Å². The molecule has 0 fully saturated rings. The van der Waals surface area contributed by atoms with Crippen LogP contribution in [0.1, 0.15) is 30.8 Å². The highest BCUT2D eigenvalue weighted by Gasteiger charge is 2.18. The van der Waals surface area contributed by atoms with E-state index in [2.05, 4.69) is 57.9 Å². The number of aromatic nitrogens is 2. The molecule has 12 heteroatoms. The molecule has 1 heterocycles. The topological polar surface area (TPSA) is 109 Å². The molecule has 0 spiro atoms. The van der Waals surface area contributed by atoms with Crippen LogP contribution < -0.4 is 15.0 Å². The first-order valence-corrected chi connectivity index (χ1v) is 13.9. The molecule has 4 rings (SSSR count). The highest BCUT2D eigenvalue weighted by Crippen LogP contribution is 2.43. The van der Waals surface area contributed by atoms with Crippen LogP contribution in [0.25, 0.3) is 10.9 Å². The summed E-state index contributed by atoms with van der Waals surface area (Å²) < 4.78 is 15.1. The molecule has 4 aromatic rings. The summed E-state index contributed by atoms with van der Waals surface area (Å²) in [4.78, 5) is 28.5. The van der Waals surface area contributed by atoms with Crippen LogP contribution >= 0.6 is 47.8 Å². The molecule has 1 aromatic heterocycles. The maximum absolute atomic E-state index is 13.2. The quantitative estimate of drug-likeness (QED) is 0.105. The largest absolute Gasteiger partial charge is 0.490 e. The van der Waals surface area contributed by atoms with Gasteiger partial charge >= 0.3 is 0 Å². The molecule has 38 heavy (non-hydrogen) atoms. The Morgan fingerprint density at radius 1 is 1.08 bits per heavy atom. The number of rotatable bonds is 9. The Balaban J connectivity index is 1.71. The van der Waals surface area contributed by atoms with Gasteiger partial charge in [0.2, 0.25) is 0 Å². The molecule has 0 unspecified atom stereocenters. The second kappa shape index (κ2) is 12.2. The molecular formula is C26H21Br3N4O5. The fraction of sp³-hybridized carbons (Fsp3) is 0.192. The molecule has 0 saturated heterocycles. The third kappa shape index (κ3) is 5.97.